The van der Waals surface area contributed by atoms with Crippen LogP contribution in [0.1, 0.15) is 36.1 Å². The molecule has 4 rings (SSSR count). The molecule has 0 heterocycles. The van der Waals surface area contributed by atoms with Gasteiger partial charge in [0.15, 0.2) is 0 Å². The molecule has 0 aromatic heterocycles. The third-order valence-corrected chi connectivity index (χ3v) is 9.36. The Balaban J connectivity index is 1.65. The number of hydrogen-bond acceptors (Lipinski definition) is 2. The molecule has 0 saturated carbocycles. The third kappa shape index (κ3) is 10.4. The van der Waals surface area contributed by atoms with Gasteiger partial charge in [-0.25, -0.2) is 0 Å². The quantitative estimate of drug-likeness (QED) is 0.104. The molecule has 0 spiro atoms. The van der Waals surface area contributed by atoms with Crippen LogP contribution in [0.15, 0.2) is 142 Å². The average Bonchev–Trinajstić information content (AvgIpc) is 2.98. The third-order valence-electron chi connectivity index (χ3n) is 6.91. The van der Waals surface area contributed by atoms with Crippen molar-refractivity contribution < 1.29 is 27.6 Å². The van der Waals surface area contributed by atoms with Gasteiger partial charge in [0.2, 0.25) is 0 Å². The van der Waals surface area contributed by atoms with Gasteiger partial charge in [-0.2, -0.15) is 0 Å². The van der Waals surface area contributed by atoms with Gasteiger partial charge in [-0.3, -0.25) is 0 Å². The van der Waals surface area contributed by atoms with E-state index in [4.69, 9.17) is 0 Å². The topological polar surface area (TPSA) is 34.1 Å². The zero-order valence-corrected chi connectivity index (χ0v) is 25.4. The first-order valence-electron chi connectivity index (χ1n) is 14.2. The van der Waals surface area contributed by atoms with E-state index in [0.29, 0.717) is 0 Å². The van der Waals surface area contributed by atoms with Crippen molar-refractivity contribution in [2.24, 2.45) is 11.8 Å². The Morgan fingerprint density at radius 1 is 0.488 bits per heavy atom. The van der Waals surface area contributed by atoms with Crippen LogP contribution in [-0.2, 0) is 53.3 Å². The number of allylic oxidation sites excluding steroid dienone is 4. The van der Waals surface area contributed by atoms with E-state index in [1.165, 1.54) is 22.3 Å². The summed E-state index contributed by atoms with van der Waals surface area (Å²) < 4.78 is 1.52. The molecule has 4 aromatic carbocycles. The number of benzene rings is 4. The number of carbonyl (C=O) groups excluding carboxylic acids is 2. The summed E-state index contributed by atoms with van der Waals surface area (Å²) in [6, 6.07) is 41.7. The second-order valence-electron chi connectivity index (χ2n) is 10.4. The van der Waals surface area contributed by atoms with Crippen LogP contribution in [0.25, 0.3) is 0 Å². The second-order valence-corrected chi connectivity index (χ2v) is 12.5. The van der Waals surface area contributed by atoms with Crippen LogP contribution >= 0.6 is 0 Å². The minimum absolute atomic E-state index is 0.0416. The van der Waals surface area contributed by atoms with Crippen molar-refractivity contribution in [2.45, 2.75) is 39.5 Å². The predicted octanol–water partition coefficient (Wildman–Crippen LogP) is 8.22. The Hall–Kier alpha value is -3.64. The molecule has 4 aromatic rings. The summed E-state index contributed by atoms with van der Waals surface area (Å²) in [5.41, 5.74) is 4.97. The van der Waals surface area contributed by atoms with Gasteiger partial charge in [-0.05, 0) is 0 Å². The van der Waals surface area contributed by atoms with E-state index in [1.807, 2.05) is 24.3 Å². The summed E-state index contributed by atoms with van der Waals surface area (Å²) in [4.78, 5) is 26.0. The Labute approximate surface area is 253 Å². The molecule has 0 aliphatic carbocycles. The monoisotopic (exact) mass is 632 g/mol. The molecule has 41 heavy (non-hydrogen) atoms. The van der Waals surface area contributed by atoms with Gasteiger partial charge >= 0.3 is 254 Å². The van der Waals surface area contributed by atoms with Crippen LogP contribution in [0.3, 0.4) is 0 Å². The number of Topliss-reactive ketones (excluding diaryl/α,β-unsaturated/α-hetero) is 2. The molecule has 0 aliphatic heterocycles. The molecular weight excluding hydrogens is 595 g/mol. The molecule has 2 nitrogen and oxygen atoms in total. The number of hydrogen-bond donors (Lipinski definition) is 0. The van der Waals surface area contributed by atoms with E-state index in [0.717, 1.165) is 33.8 Å². The van der Waals surface area contributed by atoms with E-state index in [9.17, 15) is 9.59 Å². The fraction of sp³-hybridized carbons (Fsp3) is 0.211. The van der Waals surface area contributed by atoms with Crippen molar-refractivity contribution in [3.8, 4) is 0 Å². The fourth-order valence-corrected chi connectivity index (χ4v) is 6.91. The molecule has 0 amide bonds. The van der Waals surface area contributed by atoms with Gasteiger partial charge in [0, 0.05) is 0 Å². The predicted molar refractivity (Wildman–Crippen MR) is 165 cm³/mol. The van der Waals surface area contributed by atoms with Crippen LogP contribution in [-0.4, -0.2) is 11.6 Å². The molecule has 0 saturated heterocycles. The van der Waals surface area contributed by atoms with Crippen molar-refractivity contribution in [2.75, 3.05) is 0 Å². The maximum absolute atomic E-state index is 13.0. The van der Waals surface area contributed by atoms with Crippen LogP contribution in [0, 0.1) is 11.8 Å². The van der Waals surface area contributed by atoms with Crippen LogP contribution in [0.5, 0.6) is 0 Å². The molecule has 0 N–H and O–H groups in total. The van der Waals surface area contributed by atoms with E-state index < -0.39 is 0 Å². The Morgan fingerprint density at radius 2 is 0.732 bits per heavy atom. The van der Waals surface area contributed by atoms with E-state index in [-0.39, 0.29) is 41.4 Å². The van der Waals surface area contributed by atoms with Gasteiger partial charge in [-0.15, -0.1) is 0 Å². The minimum atomic E-state index is -0.234. The first-order chi connectivity index (χ1) is 20.0. The zero-order chi connectivity index (χ0) is 28.9. The first kappa shape index (κ1) is 30.3. The number of rotatable bonds is 14. The summed E-state index contributed by atoms with van der Waals surface area (Å²) in [6.07, 6.45) is 7.65. The SMILES string of the molecule is CC(=O)[C](=CC(Cc1ccccc1)Cc1ccccc1)[Pd][C](=CC(Cc1ccccc1)Cc1ccccc1)C(C)=O. The molecule has 0 bridgehead atoms. The molecule has 0 atom stereocenters. The van der Waals surface area contributed by atoms with Crippen molar-refractivity contribution >= 4 is 11.6 Å². The molecule has 0 fully saturated rings. The maximum atomic E-state index is 13.0. The van der Waals surface area contributed by atoms with E-state index in [2.05, 4.69) is 109 Å². The van der Waals surface area contributed by atoms with Crippen molar-refractivity contribution in [3.63, 3.8) is 0 Å². The second kappa shape index (κ2) is 16.0. The normalized spacial score (nSPS) is 12.2. The molecule has 212 valence electrons. The van der Waals surface area contributed by atoms with Crippen molar-refractivity contribution in [3.05, 3.63) is 164 Å². The van der Waals surface area contributed by atoms with Gasteiger partial charge in [-0.1, -0.05) is 0 Å². The summed E-state index contributed by atoms with van der Waals surface area (Å²) in [7, 11) is 0. The standard InChI is InChI=1S/2C19H19O.Pd/c2*1-16(20)12-13-19(14-17-8-4-2-5-9-17)15-18-10-6-3-7-11-18;/h2*2-11,13,19H,14-15H2,1H3;. The Morgan fingerprint density at radius 3 is 0.951 bits per heavy atom. The van der Waals surface area contributed by atoms with E-state index >= 15 is 0 Å². The number of carbonyl (C=O) groups is 2. The van der Waals surface area contributed by atoms with Gasteiger partial charge < -0.3 is 0 Å². The molecular formula is C38H38O2Pd. The van der Waals surface area contributed by atoms with Crippen molar-refractivity contribution in [1.29, 1.82) is 0 Å². The molecule has 3 heteroatoms. The summed E-state index contributed by atoms with van der Waals surface area (Å²) in [6.45, 7) is 3.27. The van der Waals surface area contributed by atoms with Gasteiger partial charge in [0.1, 0.15) is 0 Å². The first-order valence-corrected chi connectivity index (χ1v) is 15.7. The summed E-state index contributed by atoms with van der Waals surface area (Å²) in [5.74, 6) is 0.379. The van der Waals surface area contributed by atoms with Crippen molar-refractivity contribution in [1.82, 2.24) is 0 Å². The molecule has 0 aliphatic rings. The summed E-state index contributed by atoms with van der Waals surface area (Å²) in [5, 5.41) is 0. The summed E-state index contributed by atoms with van der Waals surface area (Å²) >= 11 is -0.234. The van der Waals surface area contributed by atoms with E-state index in [1.54, 1.807) is 13.8 Å². The molecule has 0 unspecified atom stereocenters. The average molecular weight is 633 g/mol. The molecule has 0 radical (unpaired) electrons. The zero-order valence-electron chi connectivity index (χ0n) is 23.8. The van der Waals surface area contributed by atoms with Crippen LogP contribution in [0.4, 0.5) is 0 Å². The fourth-order valence-electron chi connectivity index (χ4n) is 4.92. The van der Waals surface area contributed by atoms with Crippen LogP contribution in [0.2, 0.25) is 0 Å². The van der Waals surface area contributed by atoms with Crippen LogP contribution < -0.4 is 0 Å². The van der Waals surface area contributed by atoms with Gasteiger partial charge in [0.25, 0.3) is 0 Å². The number of ketones is 2. The Bertz CT molecular complexity index is 1250. The Kier molecular flexibility index (Phi) is 11.8. The van der Waals surface area contributed by atoms with Gasteiger partial charge in [0.05, 0.1) is 0 Å².